The summed E-state index contributed by atoms with van der Waals surface area (Å²) in [5, 5.41) is 2.79. The number of nitrogens with one attached hydrogen (secondary N) is 1. The molecule has 0 fully saturated rings. The predicted molar refractivity (Wildman–Crippen MR) is 106 cm³/mol. The Labute approximate surface area is 180 Å². The van der Waals surface area contributed by atoms with Gasteiger partial charge in [0.05, 0.1) is 18.8 Å². The summed E-state index contributed by atoms with van der Waals surface area (Å²) < 4.78 is 69.2. The number of guanidine groups is 1. The predicted octanol–water partition coefficient (Wildman–Crippen LogP) is 3.85. The van der Waals surface area contributed by atoms with Crippen LogP contribution in [0.2, 0.25) is 0 Å². The molecule has 2 aromatic rings. The summed E-state index contributed by atoms with van der Waals surface area (Å²) in [5.74, 6) is -0.182. The molecule has 0 unspecified atom stereocenters. The average molecular weight is 532 g/mol. The van der Waals surface area contributed by atoms with Crippen LogP contribution in [0.25, 0.3) is 0 Å². The van der Waals surface area contributed by atoms with Crippen molar-refractivity contribution < 1.29 is 31.4 Å². The fraction of sp³-hybridized carbons (Fsp3) is 0.294. The summed E-state index contributed by atoms with van der Waals surface area (Å²) in [7, 11) is 0. The first-order chi connectivity index (χ1) is 13.2. The number of nitrogens with zero attached hydrogens (tertiary/aromatic N) is 2. The molecule has 12 heteroatoms. The lowest BCUT2D eigenvalue weighted by atomic mass is 10.2. The van der Waals surface area contributed by atoms with Gasteiger partial charge in [0.25, 0.3) is 6.43 Å². The number of aromatic nitrogens is 1. The van der Waals surface area contributed by atoms with Gasteiger partial charge in [-0.1, -0.05) is 18.2 Å². The smallest absolute Gasteiger partial charge is 0.472 e. The Hall–Kier alpha value is -2.38. The van der Waals surface area contributed by atoms with E-state index in [9.17, 15) is 22.0 Å². The van der Waals surface area contributed by atoms with Gasteiger partial charge >= 0.3 is 6.36 Å². The van der Waals surface area contributed by atoms with E-state index in [0.29, 0.717) is 11.3 Å². The van der Waals surface area contributed by atoms with Crippen LogP contribution in [-0.4, -0.2) is 30.3 Å². The Kier molecular flexibility index (Phi) is 9.85. The minimum absolute atomic E-state index is 0. The van der Waals surface area contributed by atoms with E-state index in [-0.39, 0.29) is 54.7 Å². The summed E-state index contributed by atoms with van der Waals surface area (Å²) in [4.78, 5) is 8.10. The van der Waals surface area contributed by atoms with Gasteiger partial charge in [-0.05, 0) is 23.8 Å². The monoisotopic (exact) mass is 532 g/mol. The van der Waals surface area contributed by atoms with Crippen molar-refractivity contribution in [1.29, 1.82) is 0 Å². The third kappa shape index (κ3) is 10.1. The van der Waals surface area contributed by atoms with E-state index in [2.05, 4.69) is 20.0 Å². The fourth-order valence-electron chi connectivity index (χ4n) is 1.99. The van der Waals surface area contributed by atoms with E-state index in [1.165, 1.54) is 30.3 Å². The zero-order chi connectivity index (χ0) is 20.6. The molecule has 0 saturated heterocycles. The molecular weight excluding hydrogens is 514 g/mol. The number of halogens is 6. The van der Waals surface area contributed by atoms with Gasteiger partial charge < -0.3 is 20.5 Å². The van der Waals surface area contributed by atoms with E-state index in [1.54, 1.807) is 12.1 Å². The van der Waals surface area contributed by atoms with Gasteiger partial charge in [-0.15, -0.1) is 37.1 Å². The summed E-state index contributed by atoms with van der Waals surface area (Å²) >= 11 is 0. The van der Waals surface area contributed by atoms with Gasteiger partial charge in [0.2, 0.25) is 5.88 Å². The first kappa shape index (κ1) is 24.7. The van der Waals surface area contributed by atoms with Crippen molar-refractivity contribution in [2.45, 2.75) is 25.9 Å². The average Bonchev–Trinajstić information content (AvgIpc) is 2.63. The maximum atomic E-state index is 12.1. The van der Waals surface area contributed by atoms with Gasteiger partial charge in [0.15, 0.2) is 12.6 Å². The second-order valence-electron chi connectivity index (χ2n) is 5.42. The second-order valence-corrected chi connectivity index (χ2v) is 5.42. The highest BCUT2D eigenvalue weighted by molar-refractivity contribution is 14.0. The largest absolute Gasteiger partial charge is 0.573 e. The van der Waals surface area contributed by atoms with E-state index in [4.69, 9.17) is 10.5 Å². The Morgan fingerprint density at radius 2 is 1.83 bits per heavy atom. The Morgan fingerprint density at radius 1 is 1.14 bits per heavy atom. The lowest BCUT2D eigenvalue weighted by Crippen LogP contribution is -2.31. The quantitative estimate of drug-likeness (QED) is 0.234. The fourth-order valence-corrected chi connectivity index (χ4v) is 1.99. The highest BCUT2D eigenvalue weighted by Crippen LogP contribution is 2.22. The van der Waals surface area contributed by atoms with Crippen molar-refractivity contribution in [3.05, 3.63) is 53.7 Å². The molecule has 1 aromatic carbocycles. The number of hydrogen-bond donors (Lipinski definition) is 2. The third-order valence-electron chi connectivity index (χ3n) is 3.18. The van der Waals surface area contributed by atoms with Crippen molar-refractivity contribution in [2.75, 3.05) is 6.61 Å². The zero-order valence-electron chi connectivity index (χ0n) is 14.8. The molecule has 1 aromatic heterocycles. The molecule has 0 aliphatic rings. The van der Waals surface area contributed by atoms with E-state index in [1.807, 2.05) is 0 Å². The topological polar surface area (TPSA) is 81.8 Å². The van der Waals surface area contributed by atoms with Crippen LogP contribution in [-0.2, 0) is 13.1 Å². The number of alkyl halides is 5. The van der Waals surface area contributed by atoms with Gasteiger partial charge in [0.1, 0.15) is 5.75 Å². The molecule has 2 rings (SSSR count). The van der Waals surface area contributed by atoms with Crippen molar-refractivity contribution in [2.24, 2.45) is 10.7 Å². The summed E-state index contributed by atoms with van der Waals surface area (Å²) in [6, 6.07) is 9.92. The molecule has 0 spiro atoms. The number of pyridine rings is 1. The van der Waals surface area contributed by atoms with Crippen LogP contribution >= 0.6 is 24.0 Å². The van der Waals surface area contributed by atoms with Gasteiger partial charge in [-0.25, -0.2) is 18.8 Å². The molecule has 0 saturated carbocycles. The van der Waals surface area contributed by atoms with Crippen LogP contribution in [0.3, 0.4) is 0 Å². The normalized spacial score (nSPS) is 11.7. The molecule has 0 radical (unpaired) electrons. The molecular formula is C17H18F5IN4O2. The van der Waals surface area contributed by atoms with E-state index >= 15 is 0 Å². The van der Waals surface area contributed by atoms with Crippen LogP contribution in [0, 0.1) is 0 Å². The highest BCUT2D eigenvalue weighted by Gasteiger charge is 2.30. The second kappa shape index (κ2) is 11.6. The number of ether oxygens (including phenoxy) is 2. The first-order valence-electron chi connectivity index (χ1n) is 7.96. The van der Waals surface area contributed by atoms with Crippen molar-refractivity contribution in [3.8, 4) is 11.6 Å². The minimum Gasteiger partial charge on any atom is -0.472 e. The van der Waals surface area contributed by atoms with Gasteiger partial charge in [-0.2, -0.15) is 0 Å². The van der Waals surface area contributed by atoms with Crippen molar-refractivity contribution >= 4 is 29.9 Å². The standard InChI is InChI=1S/C17H17F5N4O2.HI/c18-14(19)10-27-15-3-1-2-12(26-15)9-25-16(23)24-8-11-4-6-13(7-5-11)28-17(20,21)22;/h1-7,14H,8-10H2,(H3,23,24,25);1H. The van der Waals surface area contributed by atoms with E-state index in [0.717, 1.165) is 0 Å². The number of nitrogens with two attached hydrogens (primary N) is 1. The Morgan fingerprint density at radius 3 is 2.45 bits per heavy atom. The number of benzene rings is 1. The third-order valence-corrected chi connectivity index (χ3v) is 3.18. The summed E-state index contributed by atoms with van der Waals surface area (Å²) in [6.45, 7) is -0.435. The Bertz CT molecular complexity index is 788. The van der Waals surface area contributed by atoms with Crippen molar-refractivity contribution in [1.82, 2.24) is 10.3 Å². The maximum Gasteiger partial charge on any atom is 0.573 e. The molecule has 0 aliphatic heterocycles. The lowest BCUT2D eigenvalue weighted by molar-refractivity contribution is -0.274. The molecule has 29 heavy (non-hydrogen) atoms. The Balaban J connectivity index is 0.00000420. The molecule has 0 aliphatic carbocycles. The number of rotatable bonds is 8. The van der Waals surface area contributed by atoms with Crippen LogP contribution in [0.15, 0.2) is 47.5 Å². The number of aliphatic imine (C=N–C) groups is 1. The van der Waals surface area contributed by atoms with Crippen LogP contribution in [0.1, 0.15) is 11.3 Å². The van der Waals surface area contributed by atoms with Crippen LogP contribution in [0.5, 0.6) is 11.6 Å². The molecule has 6 nitrogen and oxygen atoms in total. The van der Waals surface area contributed by atoms with Gasteiger partial charge in [0, 0.05) is 6.07 Å². The molecule has 3 N–H and O–H groups in total. The molecule has 0 amide bonds. The zero-order valence-corrected chi connectivity index (χ0v) is 17.2. The SMILES string of the molecule is I.NC(=NCc1ccc(OC(F)(F)F)cc1)NCc1cccc(OCC(F)F)n1. The van der Waals surface area contributed by atoms with Crippen LogP contribution < -0.4 is 20.5 Å². The first-order valence-corrected chi connectivity index (χ1v) is 7.96. The lowest BCUT2D eigenvalue weighted by Gasteiger charge is -2.09. The van der Waals surface area contributed by atoms with Crippen LogP contribution in [0.4, 0.5) is 22.0 Å². The highest BCUT2D eigenvalue weighted by atomic mass is 127. The molecule has 1 heterocycles. The molecule has 160 valence electrons. The molecule has 0 atom stereocenters. The van der Waals surface area contributed by atoms with E-state index < -0.39 is 19.4 Å². The summed E-state index contributed by atoms with van der Waals surface area (Å²) in [5.41, 5.74) is 6.85. The van der Waals surface area contributed by atoms with Crippen molar-refractivity contribution in [3.63, 3.8) is 0 Å². The maximum absolute atomic E-state index is 12.1. The number of hydrogen-bond acceptors (Lipinski definition) is 4. The minimum atomic E-state index is -4.75. The summed E-state index contributed by atoms with van der Waals surface area (Å²) in [6.07, 6.45) is -7.34. The van der Waals surface area contributed by atoms with Gasteiger partial charge in [-0.3, -0.25) is 0 Å². The molecule has 0 bridgehead atoms.